The normalized spacial score (nSPS) is 10.4. The van der Waals surface area contributed by atoms with Gasteiger partial charge in [-0.3, -0.25) is 9.59 Å². The van der Waals surface area contributed by atoms with E-state index >= 15 is 0 Å². The molecule has 3 aromatic carbocycles. The maximum absolute atomic E-state index is 12.0. The first-order chi connectivity index (χ1) is 17.0. The summed E-state index contributed by atoms with van der Waals surface area (Å²) in [4.78, 5) is 24.0. The van der Waals surface area contributed by atoms with Gasteiger partial charge in [0.05, 0.1) is 28.5 Å². The molecule has 0 heterocycles. The Morgan fingerprint density at radius 3 is 2.51 bits per heavy atom. The molecule has 0 saturated heterocycles. The van der Waals surface area contributed by atoms with Crippen molar-refractivity contribution in [1.29, 1.82) is 5.26 Å². The van der Waals surface area contributed by atoms with Crippen molar-refractivity contribution in [2.75, 3.05) is 12.4 Å². The van der Waals surface area contributed by atoms with Gasteiger partial charge in [-0.05, 0) is 58.5 Å². The summed E-state index contributed by atoms with van der Waals surface area (Å²) < 4.78 is 12.2. The second kappa shape index (κ2) is 13.1. The molecule has 3 aromatic rings. The number of para-hydroxylation sites is 1. The second-order valence-electron chi connectivity index (χ2n) is 7.30. The van der Waals surface area contributed by atoms with Crippen LogP contribution >= 0.6 is 22.6 Å². The van der Waals surface area contributed by atoms with E-state index in [2.05, 4.69) is 44.5 Å². The first kappa shape index (κ1) is 25.7. The number of rotatable bonds is 10. The minimum absolute atomic E-state index is 0.00775. The Bertz CT molecular complexity index is 1260. The van der Waals surface area contributed by atoms with E-state index in [1.54, 1.807) is 30.3 Å². The molecule has 0 fully saturated rings. The number of ether oxygens (including phenoxy) is 2. The highest BCUT2D eigenvalue weighted by atomic mass is 127. The lowest BCUT2D eigenvalue weighted by Gasteiger charge is -2.14. The molecule has 0 radical (unpaired) electrons. The fourth-order valence-electron chi connectivity index (χ4n) is 3.07. The van der Waals surface area contributed by atoms with Crippen LogP contribution in [0.2, 0.25) is 0 Å². The standard InChI is InChI=1S/C26H23IN4O4/c1-34-23-14-18(13-22(27)26(23)35-17-20-8-6-5-7-19(20)15-28)16-29-31-25(33)12-11-24(32)30-21-9-3-2-4-10-21/h2-10,13-14,16H,11-12,17H2,1H3,(H,30,32)(H,31,33). The molecule has 8 nitrogen and oxygen atoms in total. The number of anilines is 1. The third-order valence-electron chi connectivity index (χ3n) is 4.80. The average Bonchev–Trinajstić information content (AvgIpc) is 2.87. The van der Waals surface area contributed by atoms with Crippen LogP contribution in [0.5, 0.6) is 11.5 Å². The lowest BCUT2D eigenvalue weighted by molar-refractivity contribution is -0.124. The number of methoxy groups -OCH3 is 1. The van der Waals surface area contributed by atoms with Crippen LogP contribution in [0.15, 0.2) is 71.8 Å². The molecule has 0 spiro atoms. The number of hydrazone groups is 1. The van der Waals surface area contributed by atoms with E-state index in [0.29, 0.717) is 28.3 Å². The van der Waals surface area contributed by atoms with Crippen LogP contribution in [0.25, 0.3) is 0 Å². The predicted octanol–water partition coefficient (Wildman–Crippen LogP) is 4.62. The number of amides is 2. The highest BCUT2D eigenvalue weighted by Crippen LogP contribution is 2.34. The van der Waals surface area contributed by atoms with Crippen molar-refractivity contribution >= 4 is 46.3 Å². The Balaban J connectivity index is 1.54. The number of carbonyl (C=O) groups is 2. The molecule has 0 aliphatic rings. The van der Waals surface area contributed by atoms with Gasteiger partial charge in [0, 0.05) is 24.1 Å². The molecule has 0 aliphatic carbocycles. The molecule has 0 aromatic heterocycles. The van der Waals surface area contributed by atoms with Gasteiger partial charge in [-0.1, -0.05) is 36.4 Å². The molecule has 0 aliphatic heterocycles. The fourth-order valence-corrected chi connectivity index (χ4v) is 3.85. The van der Waals surface area contributed by atoms with Crippen LogP contribution in [-0.4, -0.2) is 25.1 Å². The first-order valence-electron chi connectivity index (χ1n) is 10.6. The maximum atomic E-state index is 12.0. The summed E-state index contributed by atoms with van der Waals surface area (Å²) in [5.74, 6) is 0.424. The van der Waals surface area contributed by atoms with Crippen molar-refractivity contribution < 1.29 is 19.1 Å². The summed E-state index contributed by atoms with van der Waals surface area (Å²) >= 11 is 2.13. The third kappa shape index (κ3) is 7.82. The zero-order chi connectivity index (χ0) is 25.0. The average molecular weight is 582 g/mol. The van der Waals surface area contributed by atoms with Gasteiger partial charge in [0.1, 0.15) is 6.61 Å². The first-order valence-corrected chi connectivity index (χ1v) is 11.7. The largest absolute Gasteiger partial charge is 0.493 e. The van der Waals surface area contributed by atoms with Crippen LogP contribution in [0, 0.1) is 14.9 Å². The van der Waals surface area contributed by atoms with Gasteiger partial charge in [-0.25, -0.2) is 5.43 Å². The van der Waals surface area contributed by atoms with Crippen LogP contribution in [0.4, 0.5) is 5.69 Å². The lowest BCUT2D eigenvalue weighted by atomic mass is 10.1. The summed E-state index contributed by atoms with van der Waals surface area (Å²) in [5, 5.41) is 16.0. The van der Waals surface area contributed by atoms with Crippen molar-refractivity contribution in [3.63, 3.8) is 0 Å². The zero-order valence-corrected chi connectivity index (χ0v) is 21.1. The number of carbonyl (C=O) groups excluding carboxylic acids is 2. The van der Waals surface area contributed by atoms with Crippen LogP contribution < -0.4 is 20.2 Å². The van der Waals surface area contributed by atoms with Gasteiger partial charge in [-0.15, -0.1) is 0 Å². The summed E-state index contributed by atoms with van der Waals surface area (Å²) in [6.07, 6.45) is 1.54. The van der Waals surface area contributed by atoms with Gasteiger partial charge in [-0.2, -0.15) is 10.4 Å². The number of hydrogen-bond donors (Lipinski definition) is 2. The molecule has 3 rings (SSSR count). The number of halogens is 1. The highest BCUT2D eigenvalue weighted by Gasteiger charge is 2.13. The van der Waals surface area contributed by atoms with Gasteiger partial charge < -0.3 is 14.8 Å². The molecule has 2 amide bonds. The van der Waals surface area contributed by atoms with E-state index in [4.69, 9.17) is 9.47 Å². The SMILES string of the molecule is COc1cc(C=NNC(=O)CCC(=O)Nc2ccccc2)cc(I)c1OCc1ccccc1C#N. The molecule has 0 unspecified atom stereocenters. The van der Waals surface area contributed by atoms with Crippen LogP contribution in [-0.2, 0) is 16.2 Å². The van der Waals surface area contributed by atoms with Crippen molar-refractivity contribution in [2.24, 2.45) is 5.10 Å². The maximum Gasteiger partial charge on any atom is 0.240 e. The number of benzene rings is 3. The Morgan fingerprint density at radius 2 is 1.77 bits per heavy atom. The molecule has 178 valence electrons. The molecule has 35 heavy (non-hydrogen) atoms. The molecule has 0 saturated carbocycles. The van der Waals surface area contributed by atoms with Crippen LogP contribution in [0.1, 0.15) is 29.5 Å². The lowest BCUT2D eigenvalue weighted by Crippen LogP contribution is -2.20. The Hall–Kier alpha value is -3.91. The molecule has 0 atom stereocenters. The van der Waals surface area contributed by atoms with E-state index in [0.717, 1.165) is 9.13 Å². The monoisotopic (exact) mass is 582 g/mol. The predicted molar refractivity (Wildman–Crippen MR) is 141 cm³/mol. The Labute approximate surface area is 217 Å². The molecule has 0 bridgehead atoms. The zero-order valence-electron chi connectivity index (χ0n) is 19.0. The highest BCUT2D eigenvalue weighted by molar-refractivity contribution is 14.1. The number of nitrogens with one attached hydrogen (secondary N) is 2. The van der Waals surface area contributed by atoms with E-state index in [9.17, 15) is 14.9 Å². The van der Waals surface area contributed by atoms with Gasteiger partial charge in [0.25, 0.3) is 0 Å². The van der Waals surface area contributed by atoms with E-state index in [1.807, 2.05) is 36.4 Å². The second-order valence-corrected chi connectivity index (χ2v) is 8.46. The quantitative estimate of drug-likeness (QED) is 0.206. The van der Waals surface area contributed by atoms with Crippen molar-refractivity contribution in [2.45, 2.75) is 19.4 Å². The number of nitrogens with zero attached hydrogens (tertiary/aromatic N) is 2. The molecular formula is C26H23IN4O4. The minimum atomic E-state index is -0.373. The number of nitriles is 1. The van der Waals surface area contributed by atoms with E-state index < -0.39 is 0 Å². The Kier molecular flexibility index (Phi) is 9.62. The summed E-state index contributed by atoms with van der Waals surface area (Å²) in [6, 6.07) is 22.0. The van der Waals surface area contributed by atoms with Crippen LogP contribution in [0.3, 0.4) is 0 Å². The van der Waals surface area contributed by atoms with E-state index in [-0.39, 0.29) is 31.3 Å². The summed E-state index contributed by atoms with van der Waals surface area (Å²) in [6.45, 7) is 0.220. The topological polar surface area (TPSA) is 113 Å². The summed E-state index contributed by atoms with van der Waals surface area (Å²) in [5.41, 5.74) is 5.13. The van der Waals surface area contributed by atoms with Crippen molar-refractivity contribution in [1.82, 2.24) is 5.43 Å². The van der Waals surface area contributed by atoms with E-state index in [1.165, 1.54) is 13.3 Å². The van der Waals surface area contributed by atoms with Gasteiger partial charge in [0.2, 0.25) is 11.8 Å². The smallest absolute Gasteiger partial charge is 0.240 e. The molecular weight excluding hydrogens is 559 g/mol. The van der Waals surface area contributed by atoms with Gasteiger partial charge in [0.15, 0.2) is 11.5 Å². The third-order valence-corrected chi connectivity index (χ3v) is 5.60. The number of hydrogen-bond acceptors (Lipinski definition) is 6. The van der Waals surface area contributed by atoms with Crippen molar-refractivity contribution in [3.05, 3.63) is 87.0 Å². The van der Waals surface area contributed by atoms with Gasteiger partial charge >= 0.3 is 0 Å². The molecule has 9 heteroatoms. The molecule has 2 N–H and O–H groups in total. The minimum Gasteiger partial charge on any atom is -0.493 e. The van der Waals surface area contributed by atoms with Crippen molar-refractivity contribution in [3.8, 4) is 17.6 Å². The summed E-state index contributed by atoms with van der Waals surface area (Å²) in [7, 11) is 1.53. The fraction of sp³-hybridized carbons (Fsp3) is 0.154. The Morgan fingerprint density at radius 1 is 1.06 bits per heavy atom.